The molecule has 10 nitrogen and oxygen atoms in total. The summed E-state index contributed by atoms with van der Waals surface area (Å²) in [6.07, 6.45) is 4.18. The van der Waals surface area contributed by atoms with Crippen molar-refractivity contribution < 1.29 is 19.0 Å². The third-order valence-electron chi connectivity index (χ3n) is 7.29. The van der Waals surface area contributed by atoms with E-state index in [1.165, 1.54) is 22.1 Å². The highest BCUT2D eigenvalue weighted by atomic mass is 35.5. The van der Waals surface area contributed by atoms with E-state index in [1.54, 1.807) is 42.8 Å². The number of nitriles is 1. The molecule has 5 aromatic rings. The number of ether oxygens (including phenoxy) is 1. The van der Waals surface area contributed by atoms with Gasteiger partial charge in [-0.05, 0) is 57.6 Å². The lowest BCUT2D eigenvalue weighted by Crippen LogP contribution is -2.27. The van der Waals surface area contributed by atoms with Crippen LogP contribution in [0, 0.1) is 18.3 Å². The minimum Gasteiger partial charge on any atom is -0.491 e. The van der Waals surface area contributed by atoms with Crippen LogP contribution in [0.15, 0.2) is 46.8 Å². The van der Waals surface area contributed by atoms with Gasteiger partial charge in [0.1, 0.15) is 30.9 Å². The second kappa shape index (κ2) is 13.5. The first-order chi connectivity index (χ1) is 21.2. The number of hydrogen-bond donors (Lipinski definition) is 1. The van der Waals surface area contributed by atoms with Gasteiger partial charge in [-0.25, -0.2) is 14.2 Å². The van der Waals surface area contributed by atoms with Gasteiger partial charge in [0.05, 0.1) is 50.7 Å². The molecule has 0 unspecified atom stereocenters. The molecule has 13 heteroatoms. The number of carboxylic acid groups (broad SMARTS) is 1. The number of hydrogen-bond acceptors (Lipinski definition) is 9. The van der Waals surface area contributed by atoms with Gasteiger partial charge in [0.15, 0.2) is 0 Å². The van der Waals surface area contributed by atoms with Crippen molar-refractivity contribution >= 4 is 50.0 Å². The van der Waals surface area contributed by atoms with Crippen molar-refractivity contribution in [2.75, 3.05) is 33.4 Å². The van der Waals surface area contributed by atoms with E-state index >= 15 is 0 Å². The van der Waals surface area contributed by atoms with Gasteiger partial charge in [0.2, 0.25) is 0 Å². The van der Waals surface area contributed by atoms with E-state index < -0.39 is 12.6 Å². The molecule has 0 saturated carbocycles. The van der Waals surface area contributed by atoms with Crippen LogP contribution in [0.1, 0.15) is 33.9 Å². The standard InChI is InChI=1S/C31H28ClFN6O4S/c1-18-37-25-16-36-24(4-3-10-38(2)11-8-33)22(15-34)27(25)30(40)39(18)12-13-43-26-6-5-19(32)14-21(26)20-7-9-35-28-23(31(41)42)17-44-29(20)28/h5-7,9,14,16-17H,3-4,8,10-13H2,1-2H3,(H,41,42). The highest BCUT2D eigenvalue weighted by Crippen LogP contribution is 2.39. The first-order valence-electron chi connectivity index (χ1n) is 13.8. The molecule has 0 bridgehead atoms. The molecule has 0 atom stereocenters. The molecule has 1 aromatic carbocycles. The number of aryl methyl sites for hydroxylation is 2. The second-order valence-electron chi connectivity index (χ2n) is 10.1. The van der Waals surface area contributed by atoms with Crippen molar-refractivity contribution in [3.05, 3.63) is 80.1 Å². The van der Waals surface area contributed by atoms with Crippen LogP contribution in [0.2, 0.25) is 5.02 Å². The third kappa shape index (κ3) is 6.26. The number of halogens is 2. The van der Waals surface area contributed by atoms with Gasteiger partial charge in [0, 0.05) is 34.3 Å². The van der Waals surface area contributed by atoms with Crippen LogP contribution in [-0.2, 0) is 13.0 Å². The van der Waals surface area contributed by atoms with Gasteiger partial charge in [-0.2, -0.15) is 5.26 Å². The third-order valence-corrected chi connectivity index (χ3v) is 8.53. The van der Waals surface area contributed by atoms with Crippen LogP contribution >= 0.6 is 22.9 Å². The Morgan fingerprint density at radius 1 is 1.25 bits per heavy atom. The molecule has 5 rings (SSSR count). The van der Waals surface area contributed by atoms with Crippen LogP contribution in [0.5, 0.6) is 5.75 Å². The number of thiophene rings is 1. The monoisotopic (exact) mass is 634 g/mol. The van der Waals surface area contributed by atoms with E-state index in [1.807, 2.05) is 11.9 Å². The fraction of sp³-hybridized carbons (Fsp3) is 0.290. The number of aromatic carboxylic acids is 1. The first-order valence-corrected chi connectivity index (χ1v) is 15.0. The maximum Gasteiger partial charge on any atom is 0.338 e. The van der Waals surface area contributed by atoms with Crippen molar-refractivity contribution in [1.29, 1.82) is 5.26 Å². The average molecular weight is 635 g/mol. The molecule has 0 spiro atoms. The number of carbonyl (C=O) groups is 1. The largest absolute Gasteiger partial charge is 0.491 e. The van der Waals surface area contributed by atoms with E-state index in [-0.39, 0.29) is 35.2 Å². The molecule has 0 fully saturated rings. The summed E-state index contributed by atoms with van der Waals surface area (Å²) in [6.45, 7) is 2.49. The van der Waals surface area contributed by atoms with Crippen LogP contribution in [-0.4, -0.2) is 68.9 Å². The highest BCUT2D eigenvalue weighted by molar-refractivity contribution is 7.18. The van der Waals surface area contributed by atoms with E-state index in [2.05, 4.69) is 21.0 Å². The Hall–Kier alpha value is -4.44. The highest BCUT2D eigenvalue weighted by Gasteiger charge is 2.19. The number of pyridine rings is 2. The van der Waals surface area contributed by atoms with Crippen LogP contribution in [0.3, 0.4) is 0 Å². The fourth-order valence-corrected chi connectivity index (χ4v) is 6.29. The number of benzene rings is 1. The molecule has 0 aliphatic rings. The first kappa shape index (κ1) is 31.0. The number of alkyl halides is 1. The zero-order chi connectivity index (χ0) is 31.4. The van der Waals surface area contributed by atoms with Gasteiger partial charge in [0.25, 0.3) is 5.56 Å². The number of aromatic nitrogens is 4. The lowest BCUT2D eigenvalue weighted by Gasteiger charge is -2.16. The molecule has 4 aromatic heterocycles. The summed E-state index contributed by atoms with van der Waals surface area (Å²) in [4.78, 5) is 40.4. The van der Waals surface area contributed by atoms with Crippen molar-refractivity contribution in [1.82, 2.24) is 24.4 Å². The lowest BCUT2D eigenvalue weighted by molar-refractivity contribution is 0.0699. The molecular formula is C31H28ClFN6O4S. The maximum absolute atomic E-state index is 13.7. The van der Waals surface area contributed by atoms with Crippen molar-refractivity contribution in [2.45, 2.75) is 26.3 Å². The molecule has 0 radical (unpaired) electrons. The summed E-state index contributed by atoms with van der Waals surface area (Å²) in [6, 6.07) is 9.08. The summed E-state index contributed by atoms with van der Waals surface area (Å²) in [7, 11) is 1.83. The molecule has 4 heterocycles. The number of carboxylic acids is 1. The quantitative estimate of drug-likeness (QED) is 0.188. The molecule has 0 aliphatic carbocycles. The summed E-state index contributed by atoms with van der Waals surface area (Å²) in [5.41, 5.74) is 2.56. The van der Waals surface area contributed by atoms with Crippen LogP contribution in [0.4, 0.5) is 4.39 Å². The fourth-order valence-electron chi connectivity index (χ4n) is 5.09. The van der Waals surface area contributed by atoms with Crippen LogP contribution in [0.25, 0.3) is 32.2 Å². The molecule has 1 N–H and O–H groups in total. The lowest BCUT2D eigenvalue weighted by atomic mass is 10.0. The summed E-state index contributed by atoms with van der Waals surface area (Å²) >= 11 is 7.61. The zero-order valence-corrected chi connectivity index (χ0v) is 25.6. The minimum absolute atomic E-state index is 0.0995. The molecule has 44 heavy (non-hydrogen) atoms. The minimum atomic E-state index is -1.06. The topological polar surface area (TPSA) is 134 Å². The zero-order valence-electron chi connectivity index (χ0n) is 24.0. The SMILES string of the molecule is Cc1nc2cnc(CCCN(C)CCF)c(C#N)c2c(=O)n1CCOc1ccc(Cl)cc1-c1ccnc2c(C(=O)O)csc12. The molecule has 0 aliphatic heterocycles. The Kier molecular flexibility index (Phi) is 9.49. The molecule has 226 valence electrons. The maximum atomic E-state index is 13.7. The summed E-state index contributed by atoms with van der Waals surface area (Å²) in [5, 5.41) is 21.8. The van der Waals surface area contributed by atoms with Gasteiger partial charge >= 0.3 is 5.97 Å². The number of rotatable bonds is 12. The smallest absolute Gasteiger partial charge is 0.338 e. The number of fused-ring (bicyclic) bond motifs is 2. The van der Waals surface area contributed by atoms with E-state index in [0.717, 1.165) is 5.56 Å². The Balaban J connectivity index is 1.42. The predicted octanol–water partition coefficient (Wildman–Crippen LogP) is 5.51. The predicted molar refractivity (Wildman–Crippen MR) is 168 cm³/mol. The summed E-state index contributed by atoms with van der Waals surface area (Å²) in [5.74, 6) is -0.116. The van der Waals surface area contributed by atoms with Gasteiger partial charge in [-0.1, -0.05) is 11.6 Å². The second-order valence-corrected chi connectivity index (χ2v) is 11.5. The van der Waals surface area contributed by atoms with E-state index in [4.69, 9.17) is 16.3 Å². The Morgan fingerprint density at radius 3 is 2.82 bits per heavy atom. The molecular weight excluding hydrogens is 607 g/mol. The van der Waals surface area contributed by atoms with Gasteiger partial charge in [-0.15, -0.1) is 11.3 Å². The Morgan fingerprint density at radius 2 is 2.07 bits per heavy atom. The normalized spacial score (nSPS) is 11.4. The molecule has 0 amide bonds. The Labute approximate surface area is 261 Å². The van der Waals surface area contributed by atoms with Crippen molar-refractivity contribution in [3.8, 4) is 22.9 Å². The molecule has 0 saturated heterocycles. The van der Waals surface area contributed by atoms with Crippen molar-refractivity contribution in [2.24, 2.45) is 0 Å². The van der Waals surface area contributed by atoms with E-state index in [0.29, 0.717) is 69.5 Å². The summed E-state index contributed by atoms with van der Waals surface area (Å²) < 4.78 is 20.9. The average Bonchev–Trinajstić information content (AvgIpc) is 3.44. The van der Waals surface area contributed by atoms with Gasteiger partial charge in [-0.3, -0.25) is 19.3 Å². The van der Waals surface area contributed by atoms with E-state index in [9.17, 15) is 24.3 Å². The Bertz CT molecular complexity index is 1970. The van der Waals surface area contributed by atoms with Crippen molar-refractivity contribution in [3.63, 3.8) is 0 Å². The van der Waals surface area contributed by atoms with Crippen LogP contribution < -0.4 is 10.3 Å². The van der Waals surface area contributed by atoms with Gasteiger partial charge < -0.3 is 14.7 Å². The number of nitrogens with zero attached hydrogens (tertiary/aromatic N) is 6.